The Morgan fingerprint density at radius 1 is 1.50 bits per heavy atom. The maximum atomic E-state index is 11.5. The molecular weight excluding hydrogens is 200 g/mol. The van der Waals surface area contributed by atoms with Crippen molar-refractivity contribution < 1.29 is 8.42 Å². The number of hydrogen-bond donors (Lipinski definition) is 1. The summed E-state index contributed by atoms with van der Waals surface area (Å²) < 4.78 is 23.1. The number of fused-ring (bicyclic) bond motifs is 1. The van der Waals surface area contributed by atoms with Crippen molar-refractivity contribution >= 4 is 9.84 Å². The van der Waals surface area contributed by atoms with Crippen LogP contribution in [0.3, 0.4) is 0 Å². The summed E-state index contributed by atoms with van der Waals surface area (Å²) >= 11 is 0. The van der Waals surface area contributed by atoms with Gasteiger partial charge in [0.25, 0.3) is 0 Å². The van der Waals surface area contributed by atoms with Gasteiger partial charge in [-0.3, -0.25) is 0 Å². The first-order valence-electron chi connectivity index (χ1n) is 4.07. The zero-order valence-corrected chi connectivity index (χ0v) is 8.08. The van der Waals surface area contributed by atoms with Crippen LogP contribution in [-0.4, -0.2) is 14.2 Å². The molecule has 1 aliphatic rings. The molecular formula is C9H8N2O2S. The molecule has 0 spiro atoms. The number of hydrogen-bond acceptors (Lipinski definition) is 4. The molecule has 72 valence electrons. The van der Waals surface area contributed by atoms with Crippen LogP contribution in [0.1, 0.15) is 17.2 Å². The van der Waals surface area contributed by atoms with E-state index in [1.165, 1.54) is 6.07 Å². The molecule has 1 heterocycles. The van der Waals surface area contributed by atoms with Gasteiger partial charge < -0.3 is 5.73 Å². The second-order valence-electron chi connectivity index (χ2n) is 3.25. The van der Waals surface area contributed by atoms with Gasteiger partial charge in [0.2, 0.25) is 0 Å². The quantitative estimate of drug-likeness (QED) is 0.666. The third-order valence-electron chi connectivity index (χ3n) is 2.28. The second-order valence-corrected chi connectivity index (χ2v) is 5.25. The Bertz CT molecular complexity index is 528. The van der Waals surface area contributed by atoms with E-state index in [4.69, 9.17) is 11.0 Å². The van der Waals surface area contributed by atoms with Crippen molar-refractivity contribution in [2.45, 2.75) is 10.9 Å². The number of nitriles is 1. The van der Waals surface area contributed by atoms with Crippen molar-refractivity contribution in [3.8, 4) is 6.07 Å². The number of nitrogens with two attached hydrogens (primary N) is 1. The molecule has 1 aromatic carbocycles. The fourth-order valence-corrected chi connectivity index (χ4v) is 3.31. The van der Waals surface area contributed by atoms with E-state index in [-0.39, 0.29) is 10.6 Å². The van der Waals surface area contributed by atoms with Gasteiger partial charge in [0.1, 0.15) is 0 Å². The summed E-state index contributed by atoms with van der Waals surface area (Å²) in [5.41, 5.74) is 6.61. The molecule has 4 nitrogen and oxygen atoms in total. The summed E-state index contributed by atoms with van der Waals surface area (Å²) in [7, 11) is -3.26. The second kappa shape index (κ2) is 2.80. The smallest absolute Gasteiger partial charge is 0.180 e. The van der Waals surface area contributed by atoms with Gasteiger partial charge in [-0.1, -0.05) is 6.07 Å². The maximum Gasteiger partial charge on any atom is 0.180 e. The first kappa shape index (κ1) is 9.19. The molecule has 0 radical (unpaired) electrons. The van der Waals surface area contributed by atoms with Gasteiger partial charge in [-0.2, -0.15) is 5.26 Å². The number of rotatable bonds is 0. The molecule has 0 aliphatic carbocycles. The van der Waals surface area contributed by atoms with Crippen LogP contribution >= 0.6 is 0 Å². The lowest BCUT2D eigenvalue weighted by Crippen LogP contribution is -2.11. The Kier molecular flexibility index (Phi) is 1.84. The molecule has 2 N–H and O–H groups in total. The molecule has 0 amide bonds. The molecule has 0 bridgehead atoms. The molecule has 0 fully saturated rings. The van der Waals surface area contributed by atoms with Gasteiger partial charge in [-0.05, 0) is 17.7 Å². The van der Waals surface area contributed by atoms with Gasteiger partial charge in [0.05, 0.1) is 22.3 Å². The first-order valence-corrected chi connectivity index (χ1v) is 5.72. The molecule has 0 aromatic heterocycles. The highest BCUT2D eigenvalue weighted by Gasteiger charge is 2.32. The van der Waals surface area contributed by atoms with Crippen molar-refractivity contribution in [1.82, 2.24) is 0 Å². The topological polar surface area (TPSA) is 84.0 Å². The minimum atomic E-state index is -3.26. The zero-order valence-electron chi connectivity index (χ0n) is 7.27. The minimum absolute atomic E-state index is 0.0583. The highest BCUT2D eigenvalue weighted by atomic mass is 32.2. The predicted octanol–water partition coefficient (Wildman–Crippen LogP) is 0.345. The Labute approximate surface area is 81.9 Å². The minimum Gasteiger partial charge on any atom is -0.323 e. The summed E-state index contributed by atoms with van der Waals surface area (Å²) in [5, 5.41) is 8.63. The molecule has 0 saturated heterocycles. The van der Waals surface area contributed by atoms with Crippen molar-refractivity contribution in [2.75, 3.05) is 5.75 Å². The summed E-state index contributed by atoms with van der Waals surface area (Å²) in [6, 6.07) is 6.03. The van der Waals surface area contributed by atoms with Crippen LogP contribution in [0.15, 0.2) is 23.1 Å². The number of benzene rings is 1. The normalized spacial score (nSPS) is 22.7. The van der Waals surface area contributed by atoms with E-state index >= 15 is 0 Å². The van der Waals surface area contributed by atoms with Crippen molar-refractivity contribution in [3.05, 3.63) is 29.3 Å². The van der Waals surface area contributed by atoms with E-state index in [1.54, 1.807) is 12.1 Å². The first-order chi connectivity index (χ1) is 6.54. The van der Waals surface area contributed by atoms with Crippen molar-refractivity contribution in [1.29, 1.82) is 5.26 Å². The lowest BCUT2D eigenvalue weighted by molar-refractivity contribution is 0.598. The van der Waals surface area contributed by atoms with Crippen LogP contribution in [0.25, 0.3) is 0 Å². The lowest BCUT2D eigenvalue weighted by Gasteiger charge is -2.00. The summed E-state index contributed by atoms with van der Waals surface area (Å²) in [6.45, 7) is 0. The Morgan fingerprint density at radius 2 is 2.21 bits per heavy atom. The van der Waals surface area contributed by atoms with Gasteiger partial charge in [-0.25, -0.2) is 8.42 Å². The lowest BCUT2D eigenvalue weighted by atomic mass is 10.1. The van der Waals surface area contributed by atoms with E-state index in [1.807, 2.05) is 6.07 Å². The molecule has 1 aromatic rings. The van der Waals surface area contributed by atoms with Gasteiger partial charge >= 0.3 is 0 Å². The molecule has 14 heavy (non-hydrogen) atoms. The Hall–Kier alpha value is -1.38. The van der Waals surface area contributed by atoms with Crippen molar-refractivity contribution in [2.24, 2.45) is 5.73 Å². The summed E-state index contributed by atoms with van der Waals surface area (Å²) in [4.78, 5) is 0.212. The Morgan fingerprint density at radius 3 is 2.86 bits per heavy atom. The van der Waals surface area contributed by atoms with Crippen LogP contribution in [0.2, 0.25) is 0 Å². The fourth-order valence-electron chi connectivity index (χ4n) is 1.60. The zero-order chi connectivity index (χ0) is 10.3. The highest BCUT2D eigenvalue weighted by Crippen LogP contribution is 2.32. The molecule has 5 heteroatoms. The number of sulfone groups is 1. The summed E-state index contributed by atoms with van der Waals surface area (Å²) in [5.74, 6) is -0.0583. The molecule has 0 saturated carbocycles. The predicted molar refractivity (Wildman–Crippen MR) is 50.1 cm³/mol. The van der Waals surface area contributed by atoms with Gasteiger partial charge in [0, 0.05) is 6.04 Å². The van der Waals surface area contributed by atoms with E-state index in [0.29, 0.717) is 11.1 Å². The number of nitrogens with zero attached hydrogens (tertiary/aromatic N) is 1. The third kappa shape index (κ3) is 1.20. The fraction of sp³-hybridized carbons (Fsp3) is 0.222. The van der Waals surface area contributed by atoms with E-state index < -0.39 is 15.9 Å². The molecule has 1 atom stereocenters. The van der Waals surface area contributed by atoms with Gasteiger partial charge in [0.15, 0.2) is 9.84 Å². The van der Waals surface area contributed by atoms with Crippen molar-refractivity contribution in [3.63, 3.8) is 0 Å². The van der Waals surface area contributed by atoms with Crippen LogP contribution in [0.5, 0.6) is 0 Å². The maximum absolute atomic E-state index is 11.5. The molecule has 2 rings (SSSR count). The largest absolute Gasteiger partial charge is 0.323 e. The van der Waals surface area contributed by atoms with Crippen LogP contribution in [0, 0.1) is 11.3 Å². The monoisotopic (exact) mass is 208 g/mol. The molecule has 1 unspecified atom stereocenters. The van der Waals surface area contributed by atoms with E-state index in [9.17, 15) is 8.42 Å². The Balaban J connectivity index is 2.73. The van der Waals surface area contributed by atoms with E-state index in [2.05, 4.69) is 0 Å². The van der Waals surface area contributed by atoms with E-state index in [0.717, 1.165) is 0 Å². The summed E-state index contributed by atoms with van der Waals surface area (Å²) in [6.07, 6.45) is 0. The molecule has 1 aliphatic heterocycles. The van der Waals surface area contributed by atoms with Crippen LogP contribution in [0.4, 0.5) is 0 Å². The average Bonchev–Trinajstić information content (AvgIpc) is 2.37. The van der Waals surface area contributed by atoms with Crippen LogP contribution < -0.4 is 5.73 Å². The highest BCUT2D eigenvalue weighted by molar-refractivity contribution is 7.91. The third-order valence-corrected chi connectivity index (χ3v) is 4.10. The van der Waals surface area contributed by atoms with Crippen LogP contribution in [-0.2, 0) is 9.84 Å². The van der Waals surface area contributed by atoms with Gasteiger partial charge in [-0.15, -0.1) is 0 Å². The standard InChI is InChI=1S/C9H8N2O2S/c10-4-6-1-2-7-8(11)5-14(12,13)9(7)3-6/h1-3,8H,5,11H2. The SMILES string of the molecule is N#Cc1ccc2c(c1)S(=O)(=O)CC2N. The average molecular weight is 208 g/mol.